The summed E-state index contributed by atoms with van der Waals surface area (Å²) in [5, 5.41) is 6.62. The summed E-state index contributed by atoms with van der Waals surface area (Å²) in [6.07, 6.45) is 3.14. The summed E-state index contributed by atoms with van der Waals surface area (Å²) in [5.41, 5.74) is 1.95. The molecule has 1 unspecified atom stereocenters. The van der Waals surface area contributed by atoms with Crippen molar-refractivity contribution in [2.75, 3.05) is 0 Å². The average molecular weight is 257 g/mol. The third-order valence-corrected chi connectivity index (χ3v) is 3.23. The lowest BCUT2D eigenvalue weighted by atomic mass is 9.95. The lowest BCUT2D eigenvalue weighted by Gasteiger charge is -2.18. The van der Waals surface area contributed by atoms with Crippen LogP contribution in [0.4, 0.5) is 0 Å². The fraction of sp³-hybridized carbons (Fsp3) is 0.231. The van der Waals surface area contributed by atoms with Gasteiger partial charge < -0.3 is 0 Å². The fourth-order valence-corrected chi connectivity index (χ4v) is 2.24. The lowest BCUT2D eigenvalue weighted by molar-refractivity contribution is -0.134. The van der Waals surface area contributed by atoms with Gasteiger partial charge in [-0.15, -0.1) is 0 Å². The van der Waals surface area contributed by atoms with Crippen molar-refractivity contribution in [3.8, 4) is 0 Å². The van der Waals surface area contributed by atoms with Gasteiger partial charge in [-0.1, -0.05) is 0 Å². The van der Waals surface area contributed by atoms with Crippen molar-refractivity contribution in [1.29, 1.82) is 0 Å². The van der Waals surface area contributed by atoms with Gasteiger partial charge >= 0.3 is 0 Å². The summed E-state index contributed by atoms with van der Waals surface area (Å²) in [6.45, 7) is 0. The van der Waals surface area contributed by atoms with Gasteiger partial charge in [-0.3, -0.25) is 19.7 Å². The van der Waals surface area contributed by atoms with Gasteiger partial charge in [0.1, 0.15) is 0 Å². The molecule has 1 aliphatic heterocycles. The van der Waals surface area contributed by atoms with Crippen LogP contribution in [-0.2, 0) is 9.59 Å². The van der Waals surface area contributed by atoms with Gasteiger partial charge in [0, 0.05) is 18.2 Å². The average Bonchev–Trinajstić information content (AvgIpc) is 2.80. The first-order chi connectivity index (χ1) is 9.17. The Morgan fingerprint density at radius 1 is 1.37 bits per heavy atom. The quantitative estimate of drug-likeness (QED) is 0.633. The summed E-state index contributed by atoms with van der Waals surface area (Å²) in [6, 6.07) is 5.26. The van der Waals surface area contributed by atoms with Crippen molar-refractivity contribution >= 4 is 23.6 Å². The maximum absolute atomic E-state index is 11.8. The fourth-order valence-electron chi connectivity index (χ4n) is 2.24. The highest BCUT2D eigenvalue weighted by Gasteiger charge is 2.29. The molecule has 2 amide bonds. The lowest BCUT2D eigenvalue weighted by Crippen LogP contribution is -2.39. The molecule has 19 heavy (non-hydrogen) atoms. The molecule has 0 spiro atoms. The summed E-state index contributed by atoms with van der Waals surface area (Å²) in [5.74, 6) is -0.958. The molecule has 0 aromatic carbocycles. The molecule has 96 valence electrons. The number of carbonyl (C=O) groups is 3. The first-order valence-corrected chi connectivity index (χ1v) is 5.95. The molecule has 1 fully saturated rings. The van der Waals surface area contributed by atoms with E-state index >= 15 is 0 Å². The number of imide groups is 1. The van der Waals surface area contributed by atoms with E-state index in [1.54, 1.807) is 28.9 Å². The molecule has 0 saturated carbocycles. The first-order valence-electron chi connectivity index (χ1n) is 5.95. The van der Waals surface area contributed by atoms with E-state index in [0.717, 1.165) is 11.8 Å². The number of nitrogens with one attached hydrogen (secondary N) is 1. The number of amides is 2. The number of nitrogens with zero attached hydrogens (tertiary/aromatic N) is 2. The van der Waals surface area contributed by atoms with Crippen LogP contribution in [0, 0.1) is 0 Å². The predicted molar refractivity (Wildman–Crippen MR) is 65.7 cm³/mol. The molecule has 3 rings (SSSR count). The van der Waals surface area contributed by atoms with Crippen LogP contribution in [0.1, 0.15) is 34.8 Å². The van der Waals surface area contributed by atoms with Crippen molar-refractivity contribution < 1.29 is 14.4 Å². The monoisotopic (exact) mass is 257 g/mol. The molecular weight excluding hydrogens is 246 g/mol. The zero-order valence-corrected chi connectivity index (χ0v) is 10.00. The second-order valence-electron chi connectivity index (χ2n) is 4.52. The molecule has 1 atom stereocenters. The minimum Gasteiger partial charge on any atom is -0.298 e. The molecule has 0 radical (unpaired) electrons. The Morgan fingerprint density at radius 2 is 2.21 bits per heavy atom. The summed E-state index contributed by atoms with van der Waals surface area (Å²) in [7, 11) is 0. The number of piperidine rings is 1. The van der Waals surface area contributed by atoms with Crippen LogP contribution >= 0.6 is 0 Å². The van der Waals surface area contributed by atoms with Gasteiger partial charge in [0.05, 0.1) is 17.1 Å². The van der Waals surface area contributed by atoms with E-state index in [1.165, 1.54) is 0 Å². The predicted octanol–water partition coefficient (Wildman–Crippen LogP) is 0.667. The molecule has 2 aromatic rings. The second kappa shape index (κ2) is 4.31. The van der Waals surface area contributed by atoms with Crippen LogP contribution in [-0.4, -0.2) is 27.7 Å². The number of fused-ring (bicyclic) bond motifs is 1. The molecule has 1 saturated heterocycles. The number of aldehydes is 1. The standard InChI is InChI=1S/C13H11N3O3/c17-7-8-1-2-9-5-11(15-16(9)6-8)10-3-4-12(18)14-13(10)19/h1-2,5-7,10H,3-4H2,(H,14,18,19). The van der Waals surface area contributed by atoms with Crippen LogP contribution in [0.25, 0.3) is 5.52 Å². The van der Waals surface area contributed by atoms with E-state index in [4.69, 9.17) is 0 Å². The Bertz CT molecular complexity index is 689. The highest BCUT2D eigenvalue weighted by Crippen LogP contribution is 2.24. The zero-order valence-electron chi connectivity index (χ0n) is 10.00. The molecule has 0 aliphatic carbocycles. The van der Waals surface area contributed by atoms with Gasteiger partial charge in [0.2, 0.25) is 11.8 Å². The van der Waals surface area contributed by atoms with Crippen LogP contribution < -0.4 is 5.32 Å². The summed E-state index contributed by atoms with van der Waals surface area (Å²) >= 11 is 0. The highest BCUT2D eigenvalue weighted by atomic mass is 16.2. The maximum atomic E-state index is 11.8. The zero-order chi connectivity index (χ0) is 13.4. The molecule has 6 nitrogen and oxygen atoms in total. The SMILES string of the molecule is O=Cc1ccc2cc(C3CCC(=O)NC3=O)nn2c1. The number of hydrogen-bond donors (Lipinski definition) is 1. The van der Waals surface area contributed by atoms with E-state index in [0.29, 0.717) is 24.1 Å². The molecule has 0 bridgehead atoms. The van der Waals surface area contributed by atoms with E-state index in [-0.39, 0.29) is 11.8 Å². The largest absolute Gasteiger partial charge is 0.298 e. The van der Waals surface area contributed by atoms with Crippen molar-refractivity contribution in [1.82, 2.24) is 14.9 Å². The van der Waals surface area contributed by atoms with Gasteiger partial charge in [-0.25, -0.2) is 4.52 Å². The molecule has 6 heteroatoms. The van der Waals surface area contributed by atoms with Crippen molar-refractivity contribution in [3.63, 3.8) is 0 Å². The Hall–Kier alpha value is -2.50. The molecular formula is C13H11N3O3. The van der Waals surface area contributed by atoms with Crippen molar-refractivity contribution in [2.24, 2.45) is 0 Å². The Labute approximate surface area is 108 Å². The summed E-state index contributed by atoms with van der Waals surface area (Å²) in [4.78, 5) is 33.6. The summed E-state index contributed by atoms with van der Waals surface area (Å²) < 4.78 is 1.57. The molecule has 2 aromatic heterocycles. The Kier molecular flexibility index (Phi) is 2.63. The molecule has 1 N–H and O–H groups in total. The van der Waals surface area contributed by atoms with E-state index in [1.807, 2.05) is 0 Å². The first kappa shape index (κ1) is 11.6. The van der Waals surface area contributed by atoms with Crippen LogP contribution in [0.3, 0.4) is 0 Å². The van der Waals surface area contributed by atoms with E-state index < -0.39 is 5.92 Å². The van der Waals surface area contributed by atoms with Gasteiger partial charge in [0.15, 0.2) is 6.29 Å². The maximum Gasteiger partial charge on any atom is 0.235 e. The molecule has 3 heterocycles. The van der Waals surface area contributed by atoms with Crippen LogP contribution in [0.15, 0.2) is 24.4 Å². The number of aromatic nitrogens is 2. The van der Waals surface area contributed by atoms with Crippen molar-refractivity contribution in [3.05, 3.63) is 35.7 Å². The number of pyridine rings is 1. The minimum absolute atomic E-state index is 0.242. The topological polar surface area (TPSA) is 80.5 Å². The normalized spacial score (nSPS) is 19.5. The van der Waals surface area contributed by atoms with Crippen LogP contribution in [0.2, 0.25) is 0 Å². The number of carbonyl (C=O) groups excluding carboxylic acids is 3. The number of hydrogen-bond acceptors (Lipinski definition) is 4. The van der Waals surface area contributed by atoms with Gasteiger partial charge in [0.25, 0.3) is 0 Å². The van der Waals surface area contributed by atoms with Gasteiger partial charge in [-0.05, 0) is 24.6 Å². The highest BCUT2D eigenvalue weighted by molar-refractivity contribution is 6.00. The van der Waals surface area contributed by atoms with E-state index in [2.05, 4.69) is 10.4 Å². The third kappa shape index (κ3) is 2.01. The Morgan fingerprint density at radius 3 is 2.95 bits per heavy atom. The second-order valence-corrected chi connectivity index (χ2v) is 4.52. The van der Waals surface area contributed by atoms with E-state index in [9.17, 15) is 14.4 Å². The molecule has 1 aliphatic rings. The van der Waals surface area contributed by atoms with Crippen LogP contribution in [0.5, 0.6) is 0 Å². The number of rotatable bonds is 2. The third-order valence-electron chi connectivity index (χ3n) is 3.23. The Balaban J connectivity index is 1.99. The smallest absolute Gasteiger partial charge is 0.235 e. The van der Waals surface area contributed by atoms with Gasteiger partial charge in [-0.2, -0.15) is 5.10 Å². The minimum atomic E-state index is -0.405. The van der Waals surface area contributed by atoms with Crippen molar-refractivity contribution in [2.45, 2.75) is 18.8 Å².